The summed E-state index contributed by atoms with van der Waals surface area (Å²) < 4.78 is 11.3. The number of rotatable bonds is 10. The van der Waals surface area contributed by atoms with Gasteiger partial charge in [-0.25, -0.2) is 0 Å². The van der Waals surface area contributed by atoms with Crippen LogP contribution in [0, 0.1) is 0 Å². The summed E-state index contributed by atoms with van der Waals surface area (Å²) in [5.74, 6) is 1.09. The van der Waals surface area contributed by atoms with E-state index in [1.54, 1.807) is 19.2 Å². The van der Waals surface area contributed by atoms with Gasteiger partial charge in [-0.15, -0.1) is 0 Å². The lowest BCUT2D eigenvalue weighted by Gasteiger charge is -2.15. The Labute approximate surface area is 169 Å². The zero-order valence-electron chi connectivity index (χ0n) is 14.9. The summed E-state index contributed by atoms with van der Waals surface area (Å²) in [7, 11) is 3.54. The molecule has 142 valence electrons. The fourth-order valence-electron chi connectivity index (χ4n) is 2.43. The van der Waals surface area contributed by atoms with E-state index in [0.717, 1.165) is 30.6 Å². The third-order valence-electron chi connectivity index (χ3n) is 3.79. The van der Waals surface area contributed by atoms with E-state index in [2.05, 4.69) is 10.6 Å². The fourth-order valence-corrected chi connectivity index (χ4v) is 3.18. The van der Waals surface area contributed by atoms with Crippen molar-refractivity contribution in [2.24, 2.45) is 0 Å². The molecule has 0 unspecified atom stereocenters. The van der Waals surface area contributed by atoms with E-state index in [1.807, 2.05) is 25.2 Å². The minimum absolute atomic E-state index is 0.272. The van der Waals surface area contributed by atoms with Gasteiger partial charge in [-0.05, 0) is 56.4 Å². The topological polar surface area (TPSA) is 42.5 Å². The molecule has 7 heteroatoms. The van der Waals surface area contributed by atoms with Gasteiger partial charge in [0.2, 0.25) is 0 Å². The zero-order chi connectivity index (χ0) is 18.9. The summed E-state index contributed by atoms with van der Waals surface area (Å²) in [5.41, 5.74) is 1.86. The molecule has 0 atom stereocenters. The van der Waals surface area contributed by atoms with Gasteiger partial charge >= 0.3 is 0 Å². The highest BCUT2D eigenvalue weighted by Crippen LogP contribution is 2.37. The molecule has 0 fully saturated rings. The van der Waals surface area contributed by atoms with Gasteiger partial charge in [-0.3, -0.25) is 0 Å². The molecule has 2 aromatic rings. The van der Waals surface area contributed by atoms with E-state index >= 15 is 0 Å². The molecule has 0 saturated carbocycles. The molecule has 0 bridgehead atoms. The average Bonchev–Trinajstić information content (AvgIpc) is 2.61. The van der Waals surface area contributed by atoms with Crippen molar-refractivity contribution in [3.05, 3.63) is 56.5 Å². The van der Waals surface area contributed by atoms with E-state index in [-0.39, 0.29) is 6.61 Å². The van der Waals surface area contributed by atoms with Crippen LogP contribution in [0.15, 0.2) is 30.3 Å². The number of ether oxygens (including phenoxy) is 2. The lowest BCUT2D eigenvalue weighted by atomic mass is 10.2. The number of methoxy groups -OCH3 is 1. The van der Waals surface area contributed by atoms with Crippen LogP contribution >= 0.6 is 34.8 Å². The second-order valence-electron chi connectivity index (χ2n) is 5.77. The number of halogens is 3. The molecule has 0 saturated heterocycles. The van der Waals surface area contributed by atoms with E-state index in [0.29, 0.717) is 33.1 Å². The molecule has 0 aliphatic heterocycles. The molecule has 2 rings (SSSR count). The minimum atomic E-state index is 0.272. The summed E-state index contributed by atoms with van der Waals surface area (Å²) in [6, 6.07) is 9.09. The number of hydrogen-bond acceptors (Lipinski definition) is 4. The highest BCUT2D eigenvalue weighted by atomic mass is 35.5. The Morgan fingerprint density at radius 1 is 1.00 bits per heavy atom. The molecule has 26 heavy (non-hydrogen) atoms. The normalized spacial score (nSPS) is 10.8. The van der Waals surface area contributed by atoms with Crippen LogP contribution < -0.4 is 20.1 Å². The van der Waals surface area contributed by atoms with E-state index in [4.69, 9.17) is 44.3 Å². The molecule has 0 radical (unpaired) electrons. The van der Waals surface area contributed by atoms with Crippen LogP contribution in [-0.2, 0) is 13.2 Å². The van der Waals surface area contributed by atoms with Crippen LogP contribution in [-0.4, -0.2) is 27.2 Å². The van der Waals surface area contributed by atoms with Gasteiger partial charge < -0.3 is 20.1 Å². The summed E-state index contributed by atoms with van der Waals surface area (Å²) in [6.07, 6.45) is 1.06. The molecule has 0 aromatic heterocycles. The van der Waals surface area contributed by atoms with Crippen molar-refractivity contribution < 1.29 is 9.47 Å². The van der Waals surface area contributed by atoms with Crippen molar-refractivity contribution in [3.8, 4) is 11.5 Å². The first-order valence-electron chi connectivity index (χ1n) is 8.33. The summed E-state index contributed by atoms with van der Waals surface area (Å²) in [5, 5.41) is 8.14. The maximum atomic E-state index is 6.41. The molecular formula is C19H23Cl3N2O2. The van der Waals surface area contributed by atoms with Crippen LogP contribution in [0.1, 0.15) is 17.5 Å². The first-order valence-corrected chi connectivity index (χ1v) is 9.47. The zero-order valence-corrected chi connectivity index (χ0v) is 17.1. The quantitative estimate of drug-likeness (QED) is 0.538. The molecule has 4 nitrogen and oxygen atoms in total. The van der Waals surface area contributed by atoms with Crippen molar-refractivity contribution in [2.45, 2.75) is 19.6 Å². The number of nitrogens with one attached hydrogen (secondary N) is 2. The van der Waals surface area contributed by atoms with Crippen molar-refractivity contribution in [3.63, 3.8) is 0 Å². The van der Waals surface area contributed by atoms with Gasteiger partial charge in [0, 0.05) is 22.2 Å². The third kappa shape index (κ3) is 6.22. The first kappa shape index (κ1) is 21.1. The Balaban J connectivity index is 2.03. The van der Waals surface area contributed by atoms with Crippen LogP contribution in [0.4, 0.5) is 0 Å². The maximum Gasteiger partial charge on any atom is 0.180 e. The van der Waals surface area contributed by atoms with Crippen molar-refractivity contribution >= 4 is 34.8 Å². The molecule has 2 aromatic carbocycles. The summed E-state index contributed by atoms with van der Waals surface area (Å²) >= 11 is 18.5. The molecule has 0 amide bonds. The Bertz CT molecular complexity index is 726. The van der Waals surface area contributed by atoms with Crippen LogP contribution in [0.5, 0.6) is 11.5 Å². The molecule has 0 spiro atoms. The van der Waals surface area contributed by atoms with Crippen molar-refractivity contribution in [1.29, 1.82) is 0 Å². The van der Waals surface area contributed by atoms with Crippen molar-refractivity contribution in [2.75, 3.05) is 27.2 Å². The Morgan fingerprint density at radius 2 is 1.81 bits per heavy atom. The van der Waals surface area contributed by atoms with Crippen LogP contribution in [0.3, 0.4) is 0 Å². The second kappa shape index (κ2) is 10.9. The summed E-state index contributed by atoms with van der Waals surface area (Å²) in [4.78, 5) is 0. The van der Waals surface area contributed by atoms with Gasteiger partial charge in [0.25, 0.3) is 0 Å². The predicted octanol–water partition coefficient (Wildman–Crippen LogP) is 4.93. The summed E-state index contributed by atoms with van der Waals surface area (Å²) in [6.45, 7) is 2.89. The fraction of sp³-hybridized carbons (Fsp3) is 0.368. The minimum Gasteiger partial charge on any atom is -0.493 e. The molecular weight excluding hydrogens is 395 g/mol. The second-order valence-corrected chi connectivity index (χ2v) is 7.02. The van der Waals surface area contributed by atoms with Crippen LogP contribution in [0.2, 0.25) is 15.1 Å². The van der Waals surface area contributed by atoms with Gasteiger partial charge in [-0.1, -0.05) is 40.9 Å². The molecule has 0 aliphatic carbocycles. The Hall–Kier alpha value is -1.17. The number of benzene rings is 2. The third-order valence-corrected chi connectivity index (χ3v) is 4.65. The van der Waals surface area contributed by atoms with Gasteiger partial charge in [0.15, 0.2) is 11.5 Å². The van der Waals surface area contributed by atoms with E-state index < -0.39 is 0 Å². The largest absolute Gasteiger partial charge is 0.493 e. The first-order chi connectivity index (χ1) is 12.5. The van der Waals surface area contributed by atoms with E-state index in [9.17, 15) is 0 Å². The maximum absolute atomic E-state index is 6.41. The van der Waals surface area contributed by atoms with E-state index in [1.165, 1.54) is 0 Å². The standard InChI is InChI=1S/C19H23Cl3N2O2/c1-23-6-3-7-24-11-13-8-17(22)19(18(9-13)25-2)26-12-14-4-5-15(20)10-16(14)21/h4-5,8-10,23-24H,3,6-7,11-12H2,1-2H3. The number of hydrogen-bond donors (Lipinski definition) is 2. The molecule has 0 heterocycles. The SMILES string of the molecule is CNCCCNCc1cc(Cl)c(OCc2ccc(Cl)cc2Cl)c(OC)c1. The lowest BCUT2D eigenvalue weighted by molar-refractivity contribution is 0.284. The lowest BCUT2D eigenvalue weighted by Crippen LogP contribution is -2.19. The highest BCUT2D eigenvalue weighted by Gasteiger charge is 2.13. The Morgan fingerprint density at radius 3 is 2.50 bits per heavy atom. The predicted molar refractivity (Wildman–Crippen MR) is 109 cm³/mol. The Kier molecular flexibility index (Phi) is 8.82. The van der Waals surface area contributed by atoms with Gasteiger partial charge in [0.1, 0.15) is 6.61 Å². The average molecular weight is 418 g/mol. The molecule has 2 N–H and O–H groups in total. The highest BCUT2D eigenvalue weighted by molar-refractivity contribution is 6.35. The van der Waals surface area contributed by atoms with Crippen molar-refractivity contribution in [1.82, 2.24) is 10.6 Å². The van der Waals surface area contributed by atoms with Gasteiger partial charge in [0.05, 0.1) is 12.1 Å². The van der Waals surface area contributed by atoms with Crippen LogP contribution in [0.25, 0.3) is 0 Å². The smallest absolute Gasteiger partial charge is 0.180 e. The molecule has 0 aliphatic rings. The monoisotopic (exact) mass is 416 g/mol. The van der Waals surface area contributed by atoms with Gasteiger partial charge in [-0.2, -0.15) is 0 Å².